The van der Waals surface area contributed by atoms with E-state index in [-0.39, 0.29) is 5.91 Å². The standard InChI is InChI=1S/C15H14IN3O/c16-10-2-4-11(5-3-10)18-14-7-9-1-6-15(20)19-13(9)8-12(14)17/h2-5,7-8,18H,1,6,17H2,(H,19,20). The van der Waals surface area contributed by atoms with Crippen LogP contribution in [0.4, 0.5) is 22.7 Å². The van der Waals surface area contributed by atoms with Crippen LogP contribution >= 0.6 is 22.6 Å². The normalized spacial score (nSPS) is 13.6. The summed E-state index contributed by atoms with van der Waals surface area (Å²) in [7, 11) is 0. The lowest BCUT2D eigenvalue weighted by Crippen LogP contribution is -2.19. The molecule has 0 fully saturated rings. The first-order chi connectivity index (χ1) is 9.61. The van der Waals surface area contributed by atoms with Crippen molar-refractivity contribution in [2.75, 3.05) is 16.4 Å². The minimum Gasteiger partial charge on any atom is -0.397 e. The zero-order chi connectivity index (χ0) is 14.1. The molecule has 4 nitrogen and oxygen atoms in total. The third kappa shape index (κ3) is 2.72. The summed E-state index contributed by atoms with van der Waals surface area (Å²) in [5.41, 5.74) is 10.5. The molecule has 0 radical (unpaired) electrons. The number of amides is 1. The van der Waals surface area contributed by atoms with E-state index >= 15 is 0 Å². The van der Waals surface area contributed by atoms with E-state index < -0.39 is 0 Å². The smallest absolute Gasteiger partial charge is 0.224 e. The van der Waals surface area contributed by atoms with E-state index in [1.807, 2.05) is 36.4 Å². The summed E-state index contributed by atoms with van der Waals surface area (Å²) in [6.07, 6.45) is 1.28. The number of carbonyl (C=O) groups is 1. The van der Waals surface area contributed by atoms with E-state index in [1.54, 1.807) is 0 Å². The predicted molar refractivity (Wildman–Crippen MR) is 90.2 cm³/mol. The molecule has 0 saturated heterocycles. The molecule has 5 heteroatoms. The zero-order valence-electron chi connectivity index (χ0n) is 10.7. The van der Waals surface area contributed by atoms with Crippen molar-refractivity contribution < 1.29 is 4.79 Å². The molecule has 3 rings (SSSR count). The van der Waals surface area contributed by atoms with E-state index in [9.17, 15) is 4.79 Å². The molecule has 0 aliphatic carbocycles. The summed E-state index contributed by atoms with van der Waals surface area (Å²) in [6, 6.07) is 11.9. The minimum atomic E-state index is 0.0512. The summed E-state index contributed by atoms with van der Waals surface area (Å²) < 4.78 is 1.19. The predicted octanol–water partition coefficient (Wildman–Crippen LogP) is 3.50. The van der Waals surface area contributed by atoms with Crippen LogP contribution in [0.5, 0.6) is 0 Å². The van der Waals surface area contributed by atoms with E-state index in [0.717, 1.165) is 29.0 Å². The van der Waals surface area contributed by atoms with Crippen molar-refractivity contribution in [2.45, 2.75) is 12.8 Å². The molecule has 0 aromatic heterocycles. The van der Waals surface area contributed by atoms with Crippen molar-refractivity contribution in [1.82, 2.24) is 0 Å². The number of hydrogen-bond donors (Lipinski definition) is 3. The number of nitrogens with two attached hydrogens (primary N) is 1. The molecular weight excluding hydrogens is 365 g/mol. The minimum absolute atomic E-state index is 0.0512. The fraction of sp³-hybridized carbons (Fsp3) is 0.133. The molecule has 0 unspecified atom stereocenters. The number of fused-ring (bicyclic) bond motifs is 1. The Balaban J connectivity index is 1.90. The Morgan fingerprint density at radius 1 is 1.15 bits per heavy atom. The molecule has 0 atom stereocenters. The number of rotatable bonds is 2. The van der Waals surface area contributed by atoms with Gasteiger partial charge in [-0.05, 0) is 71.0 Å². The summed E-state index contributed by atoms with van der Waals surface area (Å²) in [4.78, 5) is 11.4. The van der Waals surface area contributed by atoms with Crippen LogP contribution < -0.4 is 16.4 Å². The number of aryl methyl sites for hydroxylation is 1. The fourth-order valence-electron chi connectivity index (χ4n) is 2.24. The number of halogens is 1. The largest absolute Gasteiger partial charge is 0.397 e. The van der Waals surface area contributed by atoms with Crippen LogP contribution in [0.2, 0.25) is 0 Å². The van der Waals surface area contributed by atoms with Gasteiger partial charge in [-0.15, -0.1) is 0 Å². The van der Waals surface area contributed by atoms with Gasteiger partial charge in [0.15, 0.2) is 0 Å². The van der Waals surface area contributed by atoms with Crippen LogP contribution in [0.15, 0.2) is 36.4 Å². The molecule has 0 spiro atoms. The molecule has 4 N–H and O–H groups in total. The maximum atomic E-state index is 11.4. The molecule has 0 bridgehead atoms. The lowest BCUT2D eigenvalue weighted by Gasteiger charge is -2.19. The SMILES string of the molecule is Nc1cc2c(cc1Nc1ccc(I)cc1)CCC(=O)N2. The molecule has 102 valence electrons. The fourth-order valence-corrected chi connectivity index (χ4v) is 2.60. The van der Waals surface area contributed by atoms with Crippen LogP contribution in [0.25, 0.3) is 0 Å². The quantitative estimate of drug-likeness (QED) is 0.553. The van der Waals surface area contributed by atoms with Crippen molar-refractivity contribution in [3.8, 4) is 0 Å². The van der Waals surface area contributed by atoms with Gasteiger partial charge in [-0.3, -0.25) is 4.79 Å². The Labute approximate surface area is 130 Å². The van der Waals surface area contributed by atoms with Crippen molar-refractivity contribution in [3.63, 3.8) is 0 Å². The number of benzene rings is 2. The molecular formula is C15H14IN3O. The van der Waals surface area contributed by atoms with E-state index in [1.165, 1.54) is 3.57 Å². The first-order valence-corrected chi connectivity index (χ1v) is 7.44. The van der Waals surface area contributed by atoms with E-state index in [4.69, 9.17) is 5.73 Å². The van der Waals surface area contributed by atoms with Crippen molar-refractivity contribution in [3.05, 3.63) is 45.5 Å². The van der Waals surface area contributed by atoms with Crippen LogP contribution in [-0.4, -0.2) is 5.91 Å². The Morgan fingerprint density at radius 3 is 2.65 bits per heavy atom. The van der Waals surface area contributed by atoms with Crippen molar-refractivity contribution >= 4 is 51.2 Å². The highest BCUT2D eigenvalue weighted by Crippen LogP contribution is 2.32. The number of hydrogen-bond acceptors (Lipinski definition) is 3. The number of anilines is 4. The maximum Gasteiger partial charge on any atom is 0.224 e. The summed E-state index contributed by atoms with van der Waals surface area (Å²) in [5.74, 6) is 0.0512. The van der Waals surface area contributed by atoms with Crippen LogP contribution in [-0.2, 0) is 11.2 Å². The Hall–Kier alpha value is -1.76. The van der Waals surface area contributed by atoms with Gasteiger partial charge in [0.2, 0.25) is 5.91 Å². The van der Waals surface area contributed by atoms with Gasteiger partial charge in [0.25, 0.3) is 0 Å². The molecule has 1 amide bonds. The third-order valence-electron chi connectivity index (χ3n) is 3.29. The first kappa shape index (κ1) is 13.2. The topological polar surface area (TPSA) is 67.1 Å². The van der Waals surface area contributed by atoms with Crippen molar-refractivity contribution in [1.29, 1.82) is 0 Å². The molecule has 1 aliphatic rings. The highest BCUT2D eigenvalue weighted by atomic mass is 127. The van der Waals surface area contributed by atoms with Gasteiger partial charge in [0, 0.05) is 21.4 Å². The molecule has 2 aromatic carbocycles. The van der Waals surface area contributed by atoms with Gasteiger partial charge in [-0.25, -0.2) is 0 Å². The molecule has 0 saturated carbocycles. The van der Waals surface area contributed by atoms with Gasteiger partial charge < -0.3 is 16.4 Å². The summed E-state index contributed by atoms with van der Waals surface area (Å²) >= 11 is 2.27. The number of nitrogens with one attached hydrogen (secondary N) is 2. The van der Waals surface area contributed by atoms with Gasteiger partial charge in [0.05, 0.1) is 11.4 Å². The van der Waals surface area contributed by atoms with Gasteiger partial charge >= 0.3 is 0 Å². The molecule has 20 heavy (non-hydrogen) atoms. The number of nitrogen functional groups attached to an aromatic ring is 1. The van der Waals surface area contributed by atoms with Crippen LogP contribution in [0, 0.1) is 3.57 Å². The molecule has 1 heterocycles. The van der Waals surface area contributed by atoms with Crippen LogP contribution in [0.1, 0.15) is 12.0 Å². The average Bonchev–Trinajstić information content (AvgIpc) is 2.42. The van der Waals surface area contributed by atoms with E-state index in [2.05, 4.69) is 33.2 Å². The summed E-state index contributed by atoms with van der Waals surface area (Å²) in [6.45, 7) is 0. The Bertz CT molecular complexity index is 668. The second-order valence-electron chi connectivity index (χ2n) is 4.78. The lowest BCUT2D eigenvalue weighted by molar-refractivity contribution is -0.116. The third-order valence-corrected chi connectivity index (χ3v) is 4.01. The summed E-state index contributed by atoms with van der Waals surface area (Å²) in [5, 5.41) is 6.17. The highest BCUT2D eigenvalue weighted by molar-refractivity contribution is 14.1. The zero-order valence-corrected chi connectivity index (χ0v) is 12.9. The second kappa shape index (κ2) is 5.32. The first-order valence-electron chi connectivity index (χ1n) is 6.36. The Morgan fingerprint density at radius 2 is 1.90 bits per heavy atom. The van der Waals surface area contributed by atoms with Gasteiger partial charge in [-0.1, -0.05) is 0 Å². The highest BCUT2D eigenvalue weighted by Gasteiger charge is 2.16. The van der Waals surface area contributed by atoms with Crippen molar-refractivity contribution in [2.24, 2.45) is 0 Å². The molecule has 2 aromatic rings. The van der Waals surface area contributed by atoms with Gasteiger partial charge in [-0.2, -0.15) is 0 Å². The Kier molecular flexibility index (Phi) is 3.52. The van der Waals surface area contributed by atoms with Crippen LogP contribution in [0.3, 0.4) is 0 Å². The number of carbonyl (C=O) groups excluding carboxylic acids is 1. The monoisotopic (exact) mass is 379 g/mol. The lowest BCUT2D eigenvalue weighted by atomic mass is 10.0. The maximum absolute atomic E-state index is 11.4. The van der Waals surface area contributed by atoms with E-state index in [0.29, 0.717) is 12.1 Å². The average molecular weight is 379 g/mol. The second-order valence-corrected chi connectivity index (χ2v) is 6.02. The van der Waals surface area contributed by atoms with Gasteiger partial charge in [0.1, 0.15) is 0 Å². The molecule has 1 aliphatic heterocycles.